The van der Waals surface area contributed by atoms with Crippen molar-refractivity contribution in [1.29, 1.82) is 0 Å². The molecular formula is C12H21N5O3. The molecule has 1 heterocycles. The average Bonchev–Trinajstić information content (AvgIpc) is 2.72. The van der Waals surface area contributed by atoms with Crippen LogP contribution in [0.5, 0.6) is 0 Å². The molecule has 0 bridgehead atoms. The van der Waals surface area contributed by atoms with Crippen molar-refractivity contribution in [3.8, 4) is 0 Å². The number of aromatic nitrogens is 2. The van der Waals surface area contributed by atoms with Gasteiger partial charge in [0.1, 0.15) is 6.54 Å². The first-order valence-electron chi connectivity index (χ1n) is 6.33. The van der Waals surface area contributed by atoms with E-state index in [4.69, 9.17) is 5.11 Å². The summed E-state index contributed by atoms with van der Waals surface area (Å²) in [5, 5.41) is 17.9. The first-order valence-corrected chi connectivity index (χ1v) is 6.33. The van der Waals surface area contributed by atoms with E-state index in [1.54, 1.807) is 0 Å². The standard InChI is InChI=1S/C12H21N5O3/c1-9(4-5-16(2)3)14-12(20)15-10-6-13-17(7-10)8-11(18)19/h6-7,9H,4-5,8H2,1-3H3,(H,18,19)(H2,14,15,20). The smallest absolute Gasteiger partial charge is 0.325 e. The number of nitrogens with one attached hydrogen (secondary N) is 2. The summed E-state index contributed by atoms with van der Waals surface area (Å²) in [5.41, 5.74) is 0.462. The summed E-state index contributed by atoms with van der Waals surface area (Å²) in [6.07, 6.45) is 3.73. The Labute approximate surface area is 117 Å². The van der Waals surface area contributed by atoms with Crippen LogP contribution in [-0.4, -0.2) is 58.5 Å². The number of carboxylic acids is 1. The number of hydrogen-bond donors (Lipinski definition) is 3. The van der Waals surface area contributed by atoms with Gasteiger partial charge in [-0.1, -0.05) is 0 Å². The van der Waals surface area contributed by atoms with E-state index < -0.39 is 5.97 Å². The van der Waals surface area contributed by atoms with Gasteiger partial charge in [-0.15, -0.1) is 0 Å². The predicted octanol–water partition coefficient (Wildman–Crippen LogP) is 0.429. The first kappa shape index (κ1) is 16.0. The highest BCUT2D eigenvalue weighted by atomic mass is 16.4. The van der Waals surface area contributed by atoms with Crippen LogP contribution in [0.3, 0.4) is 0 Å². The number of aliphatic carboxylic acids is 1. The molecule has 1 atom stereocenters. The highest BCUT2D eigenvalue weighted by Gasteiger charge is 2.09. The summed E-state index contributed by atoms with van der Waals surface area (Å²) < 4.78 is 1.24. The largest absolute Gasteiger partial charge is 0.480 e. The lowest BCUT2D eigenvalue weighted by molar-refractivity contribution is -0.137. The number of rotatable bonds is 7. The van der Waals surface area contributed by atoms with E-state index in [-0.39, 0.29) is 18.6 Å². The quantitative estimate of drug-likeness (QED) is 0.674. The summed E-state index contributed by atoms with van der Waals surface area (Å²) in [6, 6.07) is -0.280. The number of urea groups is 1. The molecule has 20 heavy (non-hydrogen) atoms. The van der Waals surface area contributed by atoms with E-state index in [0.29, 0.717) is 5.69 Å². The molecule has 0 aliphatic rings. The third-order valence-corrected chi connectivity index (χ3v) is 2.58. The average molecular weight is 283 g/mol. The molecule has 1 aromatic rings. The zero-order valence-electron chi connectivity index (χ0n) is 12.0. The molecule has 1 unspecified atom stereocenters. The molecule has 112 valence electrons. The fourth-order valence-electron chi connectivity index (χ4n) is 1.57. The maximum Gasteiger partial charge on any atom is 0.325 e. The second-order valence-corrected chi connectivity index (χ2v) is 4.91. The van der Waals surface area contributed by atoms with Crippen molar-refractivity contribution in [2.24, 2.45) is 0 Å². The zero-order valence-corrected chi connectivity index (χ0v) is 12.0. The molecule has 0 fully saturated rings. The number of carbonyl (C=O) groups excluding carboxylic acids is 1. The Kier molecular flexibility index (Phi) is 5.98. The number of nitrogens with zero attached hydrogens (tertiary/aromatic N) is 3. The summed E-state index contributed by atoms with van der Waals surface area (Å²) >= 11 is 0. The zero-order chi connectivity index (χ0) is 15.1. The Balaban J connectivity index is 2.38. The minimum absolute atomic E-state index is 0.0477. The van der Waals surface area contributed by atoms with Crippen LogP contribution >= 0.6 is 0 Å². The number of hydrogen-bond acceptors (Lipinski definition) is 4. The van der Waals surface area contributed by atoms with Gasteiger partial charge in [-0.2, -0.15) is 5.10 Å². The van der Waals surface area contributed by atoms with E-state index in [9.17, 15) is 9.59 Å². The third kappa shape index (κ3) is 6.19. The van der Waals surface area contributed by atoms with Crippen molar-refractivity contribution in [2.45, 2.75) is 25.9 Å². The summed E-state index contributed by atoms with van der Waals surface area (Å²) in [4.78, 5) is 24.3. The molecular weight excluding hydrogens is 262 g/mol. The van der Waals surface area contributed by atoms with Crippen molar-refractivity contribution in [1.82, 2.24) is 20.0 Å². The van der Waals surface area contributed by atoms with Gasteiger partial charge in [0.2, 0.25) is 0 Å². The Bertz CT molecular complexity index is 458. The predicted molar refractivity (Wildman–Crippen MR) is 74.7 cm³/mol. The minimum atomic E-state index is -0.985. The highest BCUT2D eigenvalue weighted by molar-refractivity contribution is 5.89. The van der Waals surface area contributed by atoms with Crippen LogP contribution in [0.4, 0.5) is 10.5 Å². The Morgan fingerprint density at radius 1 is 1.50 bits per heavy atom. The van der Waals surface area contributed by atoms with Crippen LogP contribution in [0, 0.1) is 0 Å². The number of anilines is 1. The molecule has 0 spiro atoms. The molecule has 2 amide bonds. The molecule has 3 N–H and O–H groups in total. The topological polar surface area (TPSA) is 99.5 Å². The van der Waals surface area contributed by atoms with Crippen molar-refractivity contribution >= 4 is 17.7 Å². The lowest BCUT2D eigenvalue weighted by Crippen LogP contribution is -2.37. The van der Waals surface area contributed by atoms with Gasteiger partial charge in [-0.25, -0.2) is 4.79 Å². The maximum atomic E-state index is 11.7. The Morgan fingerprint density at radius 2 is 2.20 bits per heavy atom. The molecule has 1 aromatic heterocycles. The second kappa shape index (κ2) is 7.49. The third-order valence-electron chi connectivity index (χ3n) is 2.58. The molecule has 0 saturated carbocycles. The molecule has 0 radical (unpaired) electrons. The van der Waals surface area contributed by atoms with E-state index in [1.807, 2.05) is 25.9 Å². The summed E-state index contributed by atoms with van der Waals surface area (Å²) in [5.74, 6) is -0.985. The fraction of sp³-hybridized carbons (Fsp3) is 0.583. The van der Waals surface area contributed by atoms with Crippen LogP contribution in [0.1, 0.15) is 13.3 Å². The Hall–Kier alpha value is -2.09. The number of carboxylic acid groups (broad SMARTS) is 1. The van der Waals surface area contributed by atoms with Crippen LogP contribution in [0.25, 0.3) is 0 Å². The van der Waals surface area contributed by atoms with Gasteiger partial charge in [0.25, 0.3) is 0 Å². The maximum absolute atomic E-state index is 11.7. The molecule has 0 aliphatic carbocycles. The van der Waals surface area contributed by atoms with Gasteiger partial charge in [0.15, 0.2) is 0 Å². The van der Waals surface area contributed by atoms with Gasteiger partial charge < -0.3 is 20.6 Å². The van der Waals surface area contributed by atoms with Crippen LogP contribution < -0.4 is 10.6 Å². The van der Waals surface area contributed by atoms with Crippen LogP contribution in [-0.2, 0) is 11.3 Å². The van der Waals surface area contributed by atoms with Crippen molar-refractivity contribution in [2.75, 3.05) is 26.0 Å². The summed E-state index contributed by atoms with van der Waals surface area (Å²) in [6.45, 7) is 2.58. The second-order valence-electron chi connectivity index (χ2n) is 4.91. The van der Waals surface area contributed by atoms with Gasteiger partial charge >= 0.3 is 12.0 Å². The molecule has 0 aliphatic heterocycles. The van der Waals surface area contributed by atoms with Gasteiger partial charge in [-0.3, -0.25) is 9.48 Å². The van der Waals surface area contributed by atoms with Gasteiger partial charge in [0, 0.05) is 12.2 Å². The summed E-state index contributed by atoms with van der Waals surface area (Å²) in [7, 11) is 3.95. The molecule has 1 rings (SSSR count). The van der Waals surface area contributed by atoms with E-state index in [2.05, 4.69) is 15.7 Å². The Morgan fingerprint density at radius 3 is 2.80 bits per heavy atom. The van der Waals surface area contributed by atoms with E-state index in [1.165, 1.54) is 17.1 Å². The van der Waals surface area contributed by atoms with Crippen molar-refractivity contribution < 1.29 is 14.7 Å². The van der Waals surface area contributed by atoms with Crippen molar-refractivity contribution in [3.05, 3.63) is 12.4 Å². The fourth-order valence-corrected chi connectivity index (χ4v) is 1.57. The van der Waals surface area contributed by atoms with Gasteiger partial charge in [-0.05, 0) is 34.0 Å². The minimum Gasteiger partial charge on any atom is -0.480 e. The molecule has 0 aromatic carbocycles. The van der Waals surface area contributed by atoms with Crippen molar-refractivity contribution in [3.63, 3.8) is 0 Å². The lowest BCUT2D eigenvalue weighted by Gasteiger charge is -2.16. The van der Waals surface area contributed by atoms with E-state index in [0.717, 1.165) is 13.0 Å². The monoisotopic (exact) mass is 283 g/mol. The normalized spacial score (nSPS) is 12.2. The number of amides is 2. The van der Waals surface area contributed by atoms with E-state index >= 15 is 0 Å². The van der Waals surface area contributed by atoms with Crippen LogP contribution in [0.2, 0.25) is 0 Å². The molecule has 8 nitrogen and oxygen atoms in total. The first-order chi connectivity index (χ1) is 9.36. The molecule has 8 heteroatoms. The molecule has 0 saturated heterocycles. The lowest BCUT2D eigenvalue weighted by atomic mass is 10.2. The van der Waals surface area contributed by atoms with Crippen LogP contribution in [0.15, 0.2) is 12.4 Å². The SMILES string of the molecule is CC(CCN(C)C)NC(=O)Nc1cnn(CC(=O)O)c1. The number of carbonyl (C=O) groups is 2. The highest BCUT2D eigenvalue weighted by Crippen LogP contribution is 2.04. The van der Waals surface area contributed by atoms with Gasteiger partial charge in [0.05, 0.1) is 11.9 Å².